The van der Waals surface area contributed by atoms with Gasteiger partial charge in [-0.1, -0.05) is 40.0 Å². The summed E-state index contributed by atoms with van der Waals surface area (Å²) in [7, 11) is -3.94. The largest absolute Gasteiger partial charge is 0.726 e. The van der Waals surface area contributed by atoms with Gasteiger partial charge < -0.3 is 10.3 Å². The molecule has 0 rings (SSSR count). The van der Waals surface area contributed by atoms with Crippen LogP contribution in [0.15, 0.2) is 0 Å². The minimum atomic E-state index is -4.92. The van der Waals surface area contributed by atoms with E-state index >= 15 is 0 Å². The van der Waals surface area contributed by atoms with Crippen LogP contribution in [0.1, 0.15) is 59.3 Å². The van der Waals surface area contributed by atoms with E-state index in [9.17, 15) is 0 Å². The second kappa shape index (κ2) is 16.6. The van der Waals surface area contributed by atoms with Gasteiger partial charge in [-0.05, 0) is 26.3 Å². The van der Waals surface area contributed by atoms with Gasteiger partial charge in [0, 0.05) is 13.9 Å². The van der Waals surface area contributed by atoms with Gasteiger partial charge in [0.1, 0.15) is 0 Å². The van der Waals surface area contributed by atoms with Crippen LogP contribution >= 0.6 is 7.26 Å². The molecule has 21 heavy (non-hydrogen) atoms. The zero-order chi connectivity index (χ0) is 17.4. The van der Waals surface area contributed by atoms with Crippen molar-refractivity contribution in [2.75, 3.05) is 32.2 Å². The van der Waals surface area contributed by atoms with Crippen molar-refractivity contribution in [1.29, 1.82) is 0 Å². The van der Waals surface area contributed by atoms with E-state index in [2.05, 4.69) is 33.2 Å². The van der Waals surface area contributed by atoms with Gasteiger partial charge in [-0.25, -0.2) is 8.42 Å². The minimum Gasteiger partial charge on any atom is -0.726 e. The summed E-state index contributed by atoms with van der Waals surface area (Å²) >= 11 is 0. The smallest absolute Gasteiger partial charge is 0.215 e. The summed E-state index contributed by atoms with van der Waals surface area (Å²) in [6, 6.07) is 0. The quantitative estimate of drug-likeness (QED) is 0.377. The Balaban J connectivity index is -0.000000389. The van der Waals surface area contributed by atoms with E-state index in [1.807, 2.05) is 0 Å². The lowest BCUT2D eigenvalue weighted by atomic mass is 10.4. The molecule has 0 aliphatic carbocycles. The first-order valence-corrected chi connectivity index (χ1v) is 11.9. The van der Waals surface area contributed by atoms with Crippen molar-refractivity contribution in [2.24, 2.45) is 5.73 Å². The molecule has 0 aliphatic heterocycles. The van der Waals surface area contributed by atoms with Gasteiger partial charge in [-0.15, -0.1) is 0 Å². The number of unbranched alkanes of at least 4 members (excludes halogenated alkanes) is 3. The van der Waals surface area contributed by atoms with Gasteiger partial charge in [0.2, 0.25) is 10.4 Å². The summed E-state index contributed by atoms with van der Waals surface area (Å²) in [6.07, 6.45) is 13.2. The van der Waals surface area contributed by atoms with Gasteiger partial charge in [0.25, 0.3) is 0 Å². The Morgan fingerprint density at radius 2 is 1.10 bits per heavy atom. The molecular weight excluding hydrogens is 309 g/mol. The van der Waals surface area contributed by atoms with Crippen LogP contribution in [0, 0.1) is 0 Å². The third-order valence-corrected chi connectivity index (χ3v) is 7.34. The van der Waals surface area contributed by atoms with Crippen LogP contribution in [0.2, 0.25) is 0 Å². The van der Waals surface area contributed by atoms with Crippen molar-refractivity contribution in [1.82, 2.24) is 0 Å². The monoisotopic (exact) mass is 345 g/mol. The maximum Gasteiger partial charge on any atom is 0.215 e. The van der Waals surface area contributed by atoms with Gasteiger partial charge in [0.05, 0.1) is 18.5 Å². The lowest BCUT2D eigenvalue weighted by molar-refractivity contribution is 0.366. The molecule has 0 unspecified atom stereocenters. The highest BCUT2D eigenvalue weighted by Crippen LogP contribution is 2.57. The number of rotatable bonds is 9. The molecule has 132 valence electrons. The Morgan fingerprint density at radius 1 is 0.905 bits per heavy atom. The molecule has 0 radical (unpaired) electrons. The van der Waals surface area contributed by atoms with E-state index in [0.29, 0.717) is 0 Å². The van der Waals surface area contributed by atoms with Crippen LogP contribution in [0.5, 0.6) is 0 Å². The third-order valence-electron chi connectivity index (χ3n) is 3.15. The highest BCUT2D eigenvalue weighted by molar-refractivity contribution is 7.79. The molecule has 0 aliphatic rings. The SMILES string of the molecule is CCCC[P+](C)(CCCC)CCCC.CN.O=S(=O)([O-])O. The molecule has 0 heterocycles. The Bertz CT molecular complexity index is 268. The van der Waals surface area contributed by atoms with Crippen molar-refractivity contribution >= 4 is 17.7 Å². The van der Waals surface area contributed by atoms with E-state index in [4.69, 9.17) is 17.5 Å². The van der Waals surface area contributed by atoms with Crippen LogP contribution in [-0.2, 0) is 10.4 Å². The molecule has 0 spiro atoms. The molecule has 0 fully saturated rings. The fraction of sp³-hybridized carbons (Fsp3) is 1.00. The van der Waals surface area contributed by atoms with Crippen LogP contribution in [0.3, 0.4) is 0 Å². The zero-order valence-electron chi connectivity index (χ0n) is 14.5. The second-order valence-corrected chi connectivity index (χ2v) is 10.7. The normalized spacial score (nSPS) is 11.0. The van der Waals surface area contributed by atoms with Crippen LogP contribution in [-0.4, -0.2) is 49.7 Å². The van der Waals surface area contributed by atoms with E-state index in [-0.39, 0.29) is 0 Å². The second-order valence-electron chi connectivity index (χ2n) is 5.28. The van der Waals surface area contributed by atoms with E-state index in [1.54, 1.807) is 18.5 Å². The Hall–Kier alpha value is 0.260. The van der Waals surface area contributed by atoms with Crippen molar-refractivity contribution in [3.63, 3.8) is 0 Å². The minimum absolute atomic E-state index is 0.519. The highest BCUT2D eigenvalue weighted by atomic mass is 32.3. The van der Waals surface area contributed by atoms with Crippen LogP contribution in [0.25, 0.3) is 0 Å². The van der Waals surface area contributed by atoms with E-state index in [0.717, 1.165) is 0 Å². The van der Waals surface area contributed by atoms with Gasteiger partial charge in [-0.3, -0.25) is 4.55 Å². The molecule has 3 N–H and O–H groups in total. The summed E-state index contributed by atoms with van der Waals surface area (Å²) in [6.45, 7) is 9.59. The Morgan fingerprint density at radius 3 is 1.24 bits per heavy atom. The lowest BCUT2D eigenvalue weighted by Crippen LogP contribution is -2.07. The molecule has 7 heteroatoms. The van der Waals surface area contributed by atoms with Crippen molar-refractivity contribution in [2.45, 2.75) is 59.3 Å². The molecule has 0 bridgehead atoms. The maximum absolute atomic E-state index is 8.63. The zero-order valence-corrected chi connectivity index (χ0v) is 16.2. The molecule has 0 amide bonds. The maximum atomic E-state index is 8.63. The summed E-state index contributed by atoms with van der Waals surface area (Å²) in [4.78, 5) is 0. The van der Waals surface area contributed by atoms with Crippen LogP contribution < -0.4 is 5.73 Å². The average molecular weight is 345 g/mol. The third kappa shape index (κ3) is 29.0. The van der Waals surface area contributed by atoms with E-state index < -0.39 is 17.7 Å². The van der Waals surface area contributed by atoms with Crippen molar-refractivity contribution < 1.29 is 17.5 Å². The molecule has 5 nitrogen and oxygen atoms in total. The average Bonchev–Trinajstić information content (AvgIpc) is 2.41. The number of hydrogen-bond acceptors (Lipinski definition) is 4. The first-order valence-electron chi connectivity index (χ1n) is 7.78. The highest BCUT2D eigenvalue weighted by Gasteiger charge is 2.28. The van der Waals surface area contributed by atoms with E-state index in [1.165, 1.54) is 45.6 Å². The van der Waals surface area contributed by atoms with Gasteiger partial charge in [0.15, 0.2) is 0 Å². The van der Waals surface area contributed by atoms with Crippen molar-refractivity contribution in [3.8, 4) is 0 Å². The number of hydrogen-bond donors (Lipinski definition) is 2. The lowest BCUT2D eigenvalue weighted by Gasteiger charge is -2.22. The first-order chi connectivity index (χ1) is 9.68. The fourth-order valence-corrected chi connectivity index (χ4v) is 5.86. The van der Waals surface area contributed by atoms with Gasteiger partial charge in [-0.2, -0.15) is 0 Å². The first kappa shape index (κ1) is 26.2. The molecular formula is C14H36NO4PS. The summed E-state index contributed by atoms with van der Waals surface area (Å²) < 4.78 is 32.8. The molecule has 0 aromatic rings. The van der Waals surface area contributed by atoms with Gasteiger partial charge >= 0.3 is 0 Å². The molecule has 0 aromatic carbocycles. The Kier molecular flexibility index (Phi) is 20.7. The van der Waals surface area contributed by atoms with Crippen molar-refractivity contribution in [3.05, 3.63) is 0 Å². The standard InChI is InChI=1S/C13H30P.CH5N.H2O4S/c1-5-8-11-14(4,12-9-6-2)13-10-7-3;1-2;1-5(2,3)4/h5-13H2,1-4H3;2H2,1H3;(H2,1,2,3,4)/q+1;;/p-1. The number of nitrogens with two attached hydrogens (primary N) is 1. The molecule has 0 saturated heterocycles. The van der Waals surface area contributed by atoms with Crippen LogP contribution in [0.4, 0.5) is 0 Å². The topological polar surface area (TPSA) is 103 Å². The predicted octanol–water partition coefficient (Wildman–Crippen LogP) is 3.61. The fourth-order valence-electron chi connectivity index (χ4n) is 1.95. The summed E-state index contributed by atoms with van der Waals surface area (Å²) in [5.74, 6) is 0. The summed E-state index contributed by atoms with van der Waals surface area (Å²) in [5, 5.41) is 0. The molecule has 0 saturated carbocycles. The Labute approximate surface area is 133 Å². The molecule has 0 aromatic heterocycles. The summed E-state index contributed by atoms with van der Waals surface area (Å²) in [5.41, 5.74) is 4.50. The molecule has 0 atom stereocenters. The predicted molar refractivity (Wildman–Crippen MR) is 94.6 cm³/mol.